The Morgan fingerprint density at radius 3 is 2.73 bits per heavy atom. The van der Waals surface area contributed by atoms with Gasteiger partial charge in [-0.1, -0.05) is 6.07 Å². The predicted octanol–water partition coefficient (Wildman–Crippen LogP) is -0.432. The number of nitriles is 1. The first-order chi connectivity index (χ1) is 10.3. The number of aromatic nitrogens is 1. The van der Waals surface area contributed by atoms with Gasteiger partial charge < -0.3 is 10.7 Å². The van der Waals surface area contributed by atoms with E-state index in [4.69, 9.17) is 11.0 Å². The molecule has 114 valence electrons. The maximum absolute atomic E-state index is 13.8. The second kappa shape index (κ2) is 5.55. The van der Waals surface area contributed by atoms with E-state index in [1.807, 2.05) is 4.72 Å². The predicted molar refractivity (Wildman–Crippen MR) is 73.8 cm³/mol. The van der Waals surface area contributed by atoms with Crippen LogP contribution in [-0.2, 0) is 10.0 Å². The molecule has 4 N–H and O–H groups in total. The minimum absolute atomic E-state index is 0.215. The van der Waals surface area contributed by atoms with E-state index < -0.39 is 44.3 Å². The van der Waals surface area contributed by atoms with Crippen LogP contribution in [0.4, 0.5) is 4.39 Å². The number of nitrogens with one attached hydrogen (secondary N) is 2. The fourth-order valence-corrected chi connectivity index (χ4v) is 2.98. The summed E-state index contributed by atoms with van der Waals surface area (Å²) >= 11 is 0. The molecule has 0 aliphatic rings. The molecular weight excluding hydrogens is 315 g/mol. The van der Waals surface area contributed by atoms with Gasteiger partial charge in [-0.3, -0.25) is 9.59 Å². The number of rotatable bonds is 4. The molecule has 0 spiro atoms. The molecule has 1 aromatic heterocycles. The number of pyridine rings is 1. The molecule has 0 radical (unpaired) electrons. The van der Waals surface area contributed by atoms with Gasteiger partial charge in [-0.15, -0.1) is 0 Å². The number of carbonyl (C=O) groups excluding carboxylic acids is 1. The first-order valence-corrected chi connectivity index (χ1v) is 7.29. The summed E-state index contributed by atoms with van der Waals surface area (Å²) < 4.78 is 39.7. The molecule has 0 saturated carbocycles. The van der Waals surface area contributed by atoms with E-state index in [-0.39, 0.29) is 10.9 Å². The Labute approximate surface area is 123 Å². The van der Waals surface area contributed by atoms with Crippen molar-refractivity contribution in [2.75, 3.05) is 6.54 Å². The van der Waals surface area contributed by atoms with Crippen LogP contribution >= 0.6 is 0 Å². The summed E-state index contributed by atoms with van der Waals surface area (Å²) in [5.74, 6) is -2.16. The molecule has 0 fully saturated rings. The Bertz CT molecular complexity index is 975. The summed E-state index contributed by atoms with van der Waals surface area (Å²) in [6.45, 7) is -0.599. The van der Waals surface area contributed by atoms with Crippen molar-refractivity contribution in [3.8, 4) is 6.07 Å². The normalized spacial score (nSPS) is 11.3. The van der Waals surface area contributed by atoms with Crippen LogP contribution in [0.15, 0.2) is 28.0 Å². The summed E-state index contributed by atoms with van der Waals surface area (Å²) in [6, 6.07) is 5.01. The minimum Gasteiger partial charge on any atom is -0.365 e. The van der Waals surface area contributed by atoms with Crippen molar-refractivity contribution in [3.63, 3.8) is 0 Å². The zero-order chi connectivity index (χ0) is 16.5. The third-order valence-corrected chi connectivity index (χ3v) is 4.18. The highest BCUT2D eigenvalue weighted by molar-refractivity contribution is 7.89. The number of para-hydroxylation sites is 1. The van der Waals surface area contributed by atoms with Crippen molar-refractivity contribution in [2.24, 2.45) is 5.73 Å². The number of nitrogens with two attached hydrogens (primary N) is 1. The van der Waals surface area contributed by atoms with Crippen LogP contribution in [0, 0.1) is 17.1 Å². The number of fused-ring (bicyclic) bond motifs is 1. The highest BCUT2D eigenvalue weighted by Gasteiger charge is 2.27. The van der Waals surface area contributed by atoms with Gasteiger partial charge in [-0.05, 0) is 12.1 Å². The van der Waals surface area contributed by atoms with Crippen molar-refractivity contribution in [1.29, 1.82) is 5.26 Å². The Balaban J connectivity index is 2.92. The fraction of sp³-hybridized carbons (Fsp3) is 0.0833. The largest absolute Gasteiger partial charge is 0.365 e. The maximum atomic E-state index is 13.8. The highest BCUT2D eigenvalue weighted by atomic mass is 32.2. The van der Waals surface area contributed by atoms with Crippen LogP contribution in [0.3, 0.4) is 0 Å². The Morgan fingerprint density at radius 2 is 2.14 bits per heavy atom. The van der Waals surface area contributed by atoms with Crippen molar-refractivity contribution < 1.29 is 17.6 Å². The molecule has 0 aliphatic heterocycles. The number of carbonyl (C=O) groups is 1. The van der Waals surface area contributed by atoms with Crippen molar-refractivity contribution in [3.05, 3.63) is 39.8 Å². The lowest BCUT2D eigenvalue weighted by Crippen LogP contribution is -2.32. The molecule has 1 amide bonds. The maximum Gasteiger partial charge on any atom is 0.257 e. The molecule has 2 rings (SSSR count). The molecule has 1 heterocycles. The molecule has 8 nitrogen and oxygen atoms in total. The number of primary amides is 1. The summed E-state index contributed by atoms with van der Waals surface area (Å²) in [6.07, 6.45) is 0. The topological polar surface area (TPSA) is 146 Å². The van der Waals surface area contributed by atoms with Crippen molar-refractivity contribution in [2.45, 2.75) is 5.03 Å². The van der Waals surface area contributed by atoms with E-state index in [9.17, 15) is 22.4 Å². The highest BCUT2D eigenvalue weighted by Crippen LogP contribution is 2.18. The molecule has 0 aliphatic carbocycles. The van der Waals surface area contributed by atoms with Gasteiger partial charge in [0.2, 0.25) is 5.43 Å². The molecule has 1 aromatic carbocycles. The third-order valence-electron chi connectivity index (χ3n) is 2.81. The number of aromatic amines is 1. The SMILES string of the molecule is N#CCNS(=O)(=O)c1[nH]c2c(F)cccc2c(=O)c1C(N)=O. The second-order valence-corrected chi connectivity index (χ2v) is 5.87. The van der Waals surface area contributed by atoms with E-state index >= 15 is 0 Å². The molecule has 0 atom stereocenters. The number of amides is 1. The van der Waals surface area contributed by atoms with Crippen LogP contribution < -0.4 is 15.9 Å². The molecule has 10 heteroatoms. The molecule has 0 bridgehead atoms. The van der Waals surface area contributed by atoms with Gasteiger partial charge in [-0.25, -0.2) is 12.8 Å². The van der Waals surface area contributed by atoms with E-state index in [0.29, 0.717) is 0 Å². The lowest BCUT2D eigenvalue weighted by Gasteiger charge is -2.10. The quantitative estimate of drug-likeness (QED) is 0.653. The van der Waals surface area contributed by atoms with Crippen LogP contribution in [0.5, 0.6) is 0 Å². The van der Waals surface area contributed by atoms with Gasteiger partial charge in [-0.2, -0.15) is 9.98 Å². The zero-order valence-corrected chi connectivity index (χ0v) is 11.7. The van der Waals surface area contributed by atoms with Crippen LogP contribution in [0.2, 0.25) is 0 Å². The van der Waals surface area contributed by atoms with Crippen LogP contribution in [0.25, 0.3) is 10.9 Å². The molecule has 2 aromatic rings. The Hall–Kier alpha value is -2.77. The number of sulfonamides is 1. The minimum atomic E-state index is -4.42. The van der Waals surface area contributed by atoms with E-state index in [1.165, 1.54) is 18.2 Å². The smallest absolute Gasteiger partial charge is 0.257 e. The Kier molecular flexibility index (Phi) is 3.94. The molecule has 22 heavy (non-hydrogen) atoms. The summed E-state index contributed by atoms with van der Waals surface area (Å²) in [5, 5.41) is 7.33. The molecular formula is C12H9FN4O4S. The second-order valence-electron chi connectivity index (χ2n) is 4.17. The van der Waals surface area contributed by atoms with Gasteiger partial charge in [0.05, 0.1) is 18.1 Å². The average Bonchev–Trinajstić information content (AvgIpc) is 2.45. The summed E-state index contributed by atoms with van der Waals surface area (Å²) in [4.78, 5) is 25.9. The monoisotopic (exact) mass is 324 g/mol. The van der Waals surface area contributed by atoms with Gasteiger partial charge >= 0.3 is 0 Å². The number of benzene rings is 1. The lowest BCUT2D eigenvalue weighted by atomic mass is 10.1. The summed E-state index contributed by atoms with van der Waals surface area (Å²) in [5.41, 5.74) is 2.83. The number of hydrogen-bond acceptors (Lipinski definition) is 5. The van der Waals surface area contributed by atoms with Crippen LogP contribution in [0.1, 0.15) is 10.4 Å². The number of halogens is 1. The summed E-state index contributed by atoms with van der Waals surface area (Å²) in [7, 11) is -4.42. The van der Waals surface area contributed by atoms with Gasteiger partial charge in [0.1, 0.15) is 11.4 Å². The van der Waals surface area contributed by atoms with Crippen LogP contribution in [-0.4, -0.2) is 25.9 Å². The van der Waals surface area contributed by atoms with E-state index in [0.717, 1.165) is 6.07 Å². The standard InChI is InChI=1S/C12H9FN4O4S/c13-7-3-1-2-6-9(7)17-12(8(10(6)18)11(15)19)22(20,21)16-5-4-14/h1-3,16H,5H2,(H2,15,19)(H,17,18). The zero-order valence-electron chi connectivity index (χ0n) is 10.9. The number of H-pyrrole nitrogens is 1. The third kappa shape index (κ3) is 2.54. The van der Waals surface area contributed by atoms with Gasteiger partial charge in [0, 0.05) is 5.39 Å². The number of hydrogen-bond donors (Lipinski definition) is 3. The van der Waals surface area contributed by atoms with Crippen molar-refractivity contribution >= 4 is 26.8 Å². The van der Waals surface area contributed by atoms with E-state index in [2.05, 4.69) is 4.98 Å². The Morgan fingerprint density at radius 1 is 1.45 bits per heavy atom. The first kappa shape index (κ1) is 15.6. The van der Waals surface area contributed by atoms with E-state index in [1.54, 1.807) is 0 Å². The molecule has 0 saturated heterocycles. The average molecular weight is 324 g/mol. The van der Waals surface area contributed by atoms with Gasteiger partial charge in [0.25, 0.3) is 15.9 Å². The molecule has 0 unspecified atom stereocenters. The first-order valence-electron chi connectivity index (χ1n) is 5.80. The van der Waals surface area contributed by atoms with Crippen molar-refractivity contribution in [1.82, 2.24) is 9.71 Å². The fourth-order valence-electron chi connectivity index (χ4n) is 1.88. The lowest BCUT2D eigenvalue weighted by molar-refractivity contribution is 0.0995. The number of nitrogens with zero attached hydrogens (tertiary/aromatic N) is 1. The van der Waals surface area contributed by atoms with Gasteiger partial charge in [0.15, 0.2) is 5.03 Å².